The Balaban J connectivity index is 1.47. The zero-order valence-corrected chi connectivity index (χ0v) is 16.0. The lowest BCUT2D eigenvalue weighted by molar-refractivity contribution is 0.306. The fourth-order valence-corrected chi connectivity index (χ4v) is 3.61. The molecule has 0 N–H and O–H groups in total. The summed E-state index contributed by atoms with van der Waals surface area (Å²) in [5.41, 5.74) is 2.73. The summed E-state index contributed by atoms with van der Waals surface area (Å²) in [6, 6.07) is 23.9. The summed E-state index contributed by atoms with van der Waals surface area (Å²) >= 11 is 6.09. The Hall–Kier alpha value is -3.17. The molecule has 3 nitrogen and oxygen atoms in total. The maximum absolute atomic E-state index is 6.09. The van der Waals surface area contributed by atoms with Crippen LogP contribution in [0.15, 0.2) is 77.2 Å². The van der Waals surface area contributed by atoms with Crippen molar-refractivity contribution in [3.05, 3.63) is 83.4 Å². The maximum atomic E-state index is 6.09. The van der Waals surface area contributed by atoms with Crippen LogP contribution in [0.3, 0.4) is 0 Å². The molecule has 4 aromatic carbocycles. The molecule has 0 aliphatic heterocycles. The lowest BCUT2D eigenvalue weighted by atomic mass is 10.1. The minimum atomic E-state index is 0.501. The molecule has 0 saturated heterocycles. The van der Waals surface area contributed by atoms with Gasteiger partial charge in [-0.05, 0) is 64.9 Å². The second kappa shape index (κ2) is 6.77. The van der Waals surface area contributed by atoms with E-state index in [1.165, 1.54) is 0 Å². The minimum Gasteiger partial charge on any atom is -0.497 e. The standard InChI is InChI=1S/C24H17ClO3/c1-26-19-6-2-15(3-7-19)14-27-20-8-4-16-11-22-21-9-5-18(25)13-24(21)28-23(22)12-17(16)10-20/h2-13H,14H2,1H3. The first kappa shape index (κ1) is 17.0. The highest BCUT2D eigenvalue weighted by Crippen LogP contribution is 2.34. The smallest absolute Gasteiger partial charge is 0.136 e. The molecule has 1 aromatic heterocycles. The van der Waals surface area contributed by atoms with Crippen molar-refractivity contribution in [3.63, 3.8) is 0 Å². The second-order valence-electron chi connectivity index (χ2n) is 6.74. The molecule has 0 amide bonds. The van der Waals surface area contributed by atoms with Gasteiger partial charge in [-0.25, -0.2) is 0 Å². The van der Waals surface area contributed by atoms with Gasteiger partial charge >= 0.3 is 0 Å². The average molecular weight is 389 g/mol. The molecule has 4 heteroatoms. The molecular formula is C24H17ClO3. The number of methoxy groups -OCH3 is 1. The number of furan rings is 1. The predicted octanol–water partition coefficient (Wildman–Crippen LogP) is 6.98. The van der Waals surface area contributed by atoms with E-state index in [0.29, 0.717) is 11.6 Å². The van der Waals surface area contributed by atoms with E-state index in [2.05, 4.69) is 18.2 Å². The molecule has 1 heterocycles. The van der Waals surface area contributed by atoms with Crippen LogP contribution >= 0.6 is 11.6 Å². The normalized spacial score (nSPS) is 11.4. The van der Waals surface area contributed by atoms with Crippen molar-refractivity contribution in [2.75, 3.05) is 7.11 Å². The van der Waals surface area contributed by atoms with E-state index in [1.54, 1.807) is 7.11 Å². The first-order valence-electron chi connectivity index (χ1n) is 9.01. The van der Waals surface area contributed by atoms with Crippen LogP contribution in [-0.2, 0) is 6.61 Å². The van der Waals surface area contributed by atoms with E-state index in [0.717, 1.165) is 49.8 Å². The highest BCUT2D eigenvalue weighted by molar-refractivity contribution is 6.31. The largest absolute Gasteiger partial charge is 0.497 e. The number of benzene rings is 4. The number of fused-ring (bicyclic) bond motifs is 4. The summed E-state index contributed by atoms with van der Waals surface area (Å²) in [6.45, 7) is 0.501. The Morgan fingerprint density at radius 2 is 1.54 bits per heavy atom. The molecule has 138 valence electrons. The van der Waals surface area contributed by atoms with E-state index in [1.807, 2.05) is 54.6 Å². The van der Waals surface area contributed by atoms with E-state index >= 15 is 0 Å². The van der Waals surface area contributed by atoms with Crippen LogP contribution < -0.4 is 9.47 Å². The summed E-state index contributed by atoms with van der Waals surface area (Å²) in [4.78, 5) is 0. The molecule has 0 fully saturated rings. The summed E-state index contributed by atoms with van der Waals surface area (Å²) < 4.78 is 17.2. The van der Waals surface area contributed by atoms with Crippen molar-refractivity contribution in [3.8, 4) is 11.5 Å². The third kappa shape index (κ3) is 3.04. The molecule has 0 atom stereocenters. The van der Waals surface area contributed by atoms with Crippen molar-refractivity contribution in [1.29, 1.82) is 0 Å². The summed E-state index contributed by atoms with van der Waals surface area (Å²) in [7, 11) is 1.66. The van der Waals surface area contributed by atoms with Gasteiger partial charge in [0.2, 0.25) is 0 Å². The van der Waals surface area contributed by atoms with Gasteiger partial charge < -0.3 is 13.9 Å². The third-order valence-electron chi connectivity index (χ3n) is 4.93. The van der Waals surface area contributed by atoms with Gasteiger partial charge in [-0.1, -0.05) is 29.8 Å². The van der Waals surface area contributed by atoms with Crippen LogP contribution in [-0.4, -0.2) is 7.11 Å². The van der Waals surface area contributed by atoms with Crippen molar-refractivity contribution in [1.82, 2.24) is 0 Å². The monoisotopic (exact) mass is 388 g/mol. The van der Waals surface area contributed by atoms with Crippen LogP contribution in [0.2, 0.25) is 5.02 Å². The maximum Gasteiger partial charge on any atom is 0.136 e. The SMILES string of the molecule is COc1ccc(COc2ccc3cc4c(cc3c2)oc2cc(Cl)ccc24)cc1. The van der Waals surface area contributed by atoms with Crippen LogP contribution in [0.25, 0.3) is 32.7 Å². The Kier molecular flexibility index (Phi) is 4.10. The molecule has 0 spiro atoms. The lowest BCUT2D eigenvalue weighted by Gasteiger charge is -2.08. The Labute approximate surface area is 167 Å². The molecular weight excluding hydrogens is 372 g/mol. The molecule has 5 rings (SSSR count). The summed E-state index contributed by atoms with van der Waals surface area (Å²) in [5, 5.41) is 5.05. The molecule has 0 bridgehead atoms. The predicted molar refractivity (Wildman–Crippen MR) is 114 cm³/mol. The van der Waals surface area contributed by atoms with Crippen molar-refractivity contribution in [2.24, 2.45) is 0 Å². The molecule has 0 radical (unpaired) electrons. The highest BCUT2D eigenvalue weighted by atomic mass is 35.5. The van der Waals surface area contributed by atoms with E-state index in [-0.39, 0.29) is 0 Å². The van der Waals surface area contributed by atoms with Crippen molar-refractivity contribution in [2.45, 2.75) is 6.61 Å². The third-order valence-corrected chi connectivity index (χ3v) is 5.16. The van der Waals surface area contributed by atoms with Gasteiger partial charge in [-0.2, -0.15) is 0 Å². The molecule has 28 heavy (non-hydrogen) atoms. The van der Waals surface area contributed by atoms with Gasteiger partial charge in [-0.3, -0.25) is 0 Å². The number of hydrogen-bond donors (Lipinski definition) is 0. The van der Waals surface area contributed by atoms with Gasteiger partial charge in [0, 0.05) is 21.9 Å². The number of ether oxygens (including phenoxy) is 2. The van der Waals surface area contributed by atoms with Crippen molar-refractivity contribution >= 4 is 44.3 Å². The lowest BCUT2D eigenvalue weighted by Crippen LogP contribution is -1.95. The van der Waals surface area contributed by atoms with Gasteiger partial charge in [0.15, 0.2) is 0 Å². The van der Waals surface area contributed by atoms with Crippen LogP contribution in [0.1, 0.15) is 5.56 Å². The minimum absolute atomic E-state index is 0.501. The zero-order chi connectivity index (χ0) is 19.1. The van der Waals surface area contributed by atoms with Gasteiger partial charge in [-0.15, -0.1) is 0 Å². The number of halogens is 1. The fourth-order valence-electron chi connectivity index (χ4n) is 3.45. The topological polar surface area (TPSA) is 31.6 Å². The van der Waals surface area contributed by atoms with Crippen molar-refractivity contribution < 1.29 is 13.9 Å². The quantitative estimate of drug-likeness (QED) is 0.333. The molecule has 0 unspecified atom stereocenters. The second-order valence-corrected chi connectivity index (χ2v) is 7.17. The molecule has 5 aromatic rings. The van der Waals surface area contributed by atoms with Crippen LogP contribution in [0.4, 0.5) is 0 Å². The molecule has 0 saturated carbocycles. The summed E-state index contributed by atoms with van der Waals surface area (Å²) in [5.74, 6) is 1.66. The number of rotatable bonds is 4. The first-order chi connectivity index (χ1) is 13.7. The van der Waals surface area contributed by atoms with Crippen LogP contribution in [0, 0.1) is 0 Å². The average Bonchev–Trinajstić information content (AvgIpc) is 3.06. The Morgan fingerprint density at radius 1 is 0.750 bits per heavy atom. The van der Waals surface area contributed by atoms with E-state index < -0.39 is 0 Å². The molecule has 0 aliphatic rings. The number of hydrogen-bond acceptors (Lipinski definition) is 3. The van der Waals surface area contributed by atoms with Gasteiger partial charge in [0.1, 0.15) is 29.3 Å². The van der Waals surface area contributed by atoms with Crippen LogP contribution in [0.5, 0.6) is 11.5 Å². The fraction of sp³-hybridized carbons (Fsp3) is 0.0833. The van der Waals surface area contributed by atoms with E-state index in [4.69, 9.17) is 25.5 Å². The Morgan fingerprint density at radius 3 is 2.36 bits per heavy atom. The molecule has 0 aliphatic carbocycles. The summed E-state index contributed by atoms with van der Waals surface area (Å²) in [6.07, 6.45) is 0. The van der Waals surface area contributed by atoms with Gasteiger partial charge in [0.05, 0.1) is 7.11 Å². The van der Waals surface area contributed by atoms with E-state index in [9.17, 15) is 0 Å². The first-order valence-corrected chi connectivity index (χ1v) is 9.39. The van der Waals surface area contributed by atoms with Gasteiger partial charge in [0.25, 0.3) is 0 Å². The highest BCUT2D eigenvalue weighted by Gasteiger charge is 2.09. The Bertz CT molecular complexity index is 1300. The zero-order valence-electron chi connectivity index (χ0n) is 15.2.